The number of amides is 4. The number of urea groups is 2. The molecule has 31 heavy (non-hydrogen) atoms. The highest BCUT2D eigenvalue weighted by atomic mass is 19.4. The van der Waals surface area contributed by atoms with Gasteiger partial charge in [-0.15, -0.1) is 13.2 Å². The first-order chi connectivity index (χ1) is 14.8. The van der Waals surface area contributed by atoms with Crippen molar-refractivity contribution >= 4 is 12.1 Å². The fourth-order valence-electron chi connectivity index (χ4n) is 4.04. The molecule has 1 aromatic rings. The van der Waals surface area contributed by atoms with Gasteiger partial charge in [0.05, 0.1) is 0 Å². The van der Waals surface area contributed by atoms with E-state index < -0.39 is 6.36 Å². The summed E-state index contributed by atoms with van der Waals surface area (Å²) >= 11 is 0. The van der Waals surface area contributed by atoms with E-state index >= 15 is 0 Å². The number of likely N-dealkylation sites (tertiary alicyclic amines) is 1. The van der Waals surface area contributed by atoms with Crippen molar-refractivity contribution in [3.05, 3.63) is 29.8 Å². The Kier molecular flexibility index (Phi) is 7.86. The van der Waals surface area contributed by atoms with E-state index in [2.05, 4.69) is 20.7 Å². The first-order valence-corrected chi connectivity index (χ1v) is 10.7. The molecule has 2 aliphatic rings. The average molecular weight is 442 g/mol. The predicted octanol–water partition coefficient (Wildman–Crippen LogP) is 3.89. The molecule has 0 aromatic heterocycles. The summed E-state index contributed by atoms with van der Waals surface area (Å²) in [6.45, 7) is 0.842. The minimum atomic E-state index is -4.79. The number of benzene rings is 1. The van der Waals surface area contributed by atoms with Crippen molar-refractivity contribution in [3.63, 3.8) is 0 Å². The highest BCUT2D eigenvalue weighted by Crippen LogP contribution is 2.26. The molecular formula is C21H29F3N4O3. The van der Waals surface area contributed by atoms with Crippen LogP contribution in [0.25, 0.3) is 0 Å². The second-order valence-corrected chi connectivity index (χ2v) is 8.03. The van der Waals surface area contributed by atoms with E-state index in [9.17, 15) is 22.8 Å². The van der Waals surface area contributed by atoms with E-state index in [0.29, 0.717) is 25.9 Å². The monoisotopic (exact) mass is 442 g/mol. The number of piperidine rings is 1. The molecule has 172 valence electrons. The zero-order valence-electron chi connectivity index (χ0n) is 17.3. The van der Waals surface area contributed by atoms with Gasteiger partial charge in [-0.3, -0.25) is 0 Å². The van der Waals surface area contributed by atoms with Gasteiger partial charge < -0.3 is 25.6 Å². The molecule has 1 aliphatic carbocycles. The molecule has 0 spiro atoms. The third kappa shape index (κ3) is 7.52. The van der Waals surface area contributed by atoms with E-state index in [1.54, 1.807) is 11.0 Å². The molecule has 7 nitrogen and oxygen atoms in total. The lowest BCUT2D eigenvalue weighted by molar-refractivity contribution is -0.274. The van der Waals surface area contributed by atoms with Gasteiger partial charge in [0.25, 0.3) is 0 Å². The molecule has 10 heteroatoms. The van der Waals surface area contributed by atoms with Gasteiger partial charge in [-0.25, -0.2) is 9.59 Å². The van der Waals surface area contributed by atoms with Gasteiger partial charge in [-0.05, 0) is 31.7 Å². The quantitative estimate of drug-likeness (QED) is 0.647. The number of carbonyl (C=O) groups is 2. The van der Waals surface area contributed by atoms with Crippen molar-refractivity contribution in [3.8, 4) is 5.75 Å². The molecule has 0 unspecified atom stereocenters. The van der Waals surface area contributed by atoms with E-state index in [4.69, 9.17) is 0 Å². The molecule has 1 aliphatic heterocycles. The van der Waals surface area contributed by atoms with Crippen molar-refractivity contribution < 1.29 is 27.5 Å². The van der Waals surface area contributed by atoms with Crippen molar-refractivity contribution in [2.24, 2.45) is 0 Å². The number of carbonyl (C=O) groups excluding carboxylic acids is 2. The van der Waals surface area contributed by atoms with Crippen LogP contribution in [0.1, 0.15) is 50.5 Å². The van der Waals surface area contributed by atoms with Crippen molar-refractivity contribution in [1.29, 1.82) is 0 Å². The number of halogens is 3. The fourth-order valence-corrected chi connectivity index (χ4v) is 4.04. The van der Waals surface area contributed by atoms with Crippen LogP contribution in [0.2, 0.25) is 0 Å². The summed E-state index contributed by atoms with van der Waals surface area (Å²) < 4.78 is 41.6. The number of rotatable bonds is 5. The van der Waals surface area contributed by atoms with Crippen LogP contribution in [0.3, 0.4) is 0 Å². The smallest absolute Gasteiger partial charge is 0.405 e. The molecule has 1 saturated carbocycles. The zero-order chi connectivity index (χ0) is 22.3. The fraction of sp³-hybridized carbons (Fsp3) is 0.619. The molecule has 4 amide bonds. The van der Waals surface area contributed by atoms with E-state index in [1.807, 2.05) is 0 Å². The molecule has 0 atom stereocenters. The number of nitrogens with zero attached hydrogens (tertiary/aromatic N) is 1. The van der Waals surface area contributed by atoms with E-state index in [-0.39, 0.29) is 42.0 Å². The maximum atomic E-state index is 12.5. The summed E-state index contributed by atoms with van der Waals surface area (Å²) in [5.74, 6) is -0.331. The molecule has 3 N–H and O–H groups in total. The lowest BCUT2D eigenvalue weighted by Crippen LogP contribution is -2.52. The van der Waals surface area contributed by atoms with Gasteiger partial charge in [0.1, 0.15) is 5.75 Å². The van der Waals surface area contributed by atoms with Crippen LogP contribution in [-0.4, -0.2) is 48.5 Å². The highest BCUT2D eigenvalue weighted by Gasteiger charge is 2.32. The summed E-state index contributed by atoms with van der Waals surface area (Å²) in [5.41, 5.74) is 0.240. The largest absolute Gasteiger partial charge is 0.573 e. The number of nitrogens with one attached hydrogen (secondary N) is 3. The molecule has 1 heterocycles. The van der Waals surface area contributed by atoms with E-state index in [1.165, 1.54) is 24.6 Å². The molecular weight excluding hydrogens is 413 g/mol. The minimum absolute atomic E-state index is 0.00597. The molecule has 3 rings (SSSR count). The van der Waals surface area contributed by atoms with Crippen molar-refractivity contribution in [2.45, 2.75) is 69.9 Å². The Hall–Kier alpha value is -2.65. The second kappa shape index (κ2) is 10.6. The molecule has 2 fully saturated rings. The standard InChI is InChI=1S/C21H29F3N4O3/c22-21(23,24)31-18-9-5-4-6-15(18)14-25-20(30)28-12-10-17(11-13-28)27-19(29)26-16-7-2-1-3-8-16/h4-6,9,16-17H,1-3,7-8,10-14H2,(H,25,30)(H2,26,27,29). The average Bonchev–Trinajstić information content (AvgIpc) is 2.73. The maximum absolute atomic E-state index is 12.5. The molecule has 1 aromatic carbocycles. The van der Waals surface area contributed by atoms with Gasteiger partial charge in [0, 0.05) is 37.3 Å². The Morgan fingerprint density at radius 2 is 1.58 bits per heavy atom. The predicted molar refractivity (Wildman–Crippen MR) is 108 cm³/mol. The SMILES string of the molecule is O=C(NC1CCCCC1)NC1CCN(C(=O)NCc2ccccc2OC(F)(F)F)CC1. The van der Waals surface area contributed by atoms with Crippen molar-refractivity contribution in [2.75, 3.05) is 13.1 Å². The summed E-state index contributed by atoms with van der Waals surface area (Å²) in [6.07, 6.45) is 2.00. The first kappa shape index (κ1) is 23.0. The summed E-state index contributed by atoms with van der Waals surface area (Å²) in [6, 6.07) is 5.43. The van der Waals surface area contributed by atoms with Crippen LogP contribution in [-0.2, 0) is 6.54 Å². The van der Waals surface area contributed by atoms with Crippen LogP contribution >= 0.6 is 0 Å². The van der Waals surface area contributed by atoms with Crippen LogP contribution in [0.15, 0.2) is 24.3 Å². The van der Waals surface area contributed by atoms with Gasteiger partial charge in [0.15, 0.2) is 0 Å². The highest BCUT2D eigenvalue weighted by molar-refractivity contribution is 5.75. The lowest BCUT2D eigenvalue weighted by atomic mass is 9.96. The van der Waals surface area contributed by atoms with Gasteiger partial charge in [-0.2, -0.15) is 0 Å². The third-order valence-corrected chi connectivity index (χ3v) is 5.69. The number of ether oxygens (including phenoxy) is 1. The maximum Gasteiger partial charge on any atom is 0.573 e. The van der Waals surface area contributed by atoms with Gasteiger partial charge in [-0.1, -0.05) is 37.5 Å². The van der Waals surface area contributed by atoms with Gasteiger partial charge >= 0.3 is 18.4 Å². The van der Waals surface area contributed by atoms with Crippen LogP contribution in [0, 0.1) is 0 Å². The number of para-hydroxylation sites is 1. The summed E-state index contributed by atoms with van der Waals surface area (Å²) in [4.78, 5) is 26.2. The Morgan fingerprint density at radius 3 is 2.23 bits per heavy atom. The normalized spacial score (nSPS) is 18.4. The van der Waals surface area contributed by atoms with Gasteiger partial charge in [0.2, 0.25) is 0 Å². The van der Waals surface area contributed by atoms with Crippen LogP contribution in [0.5, 0.6) is 5.75 Å². The minimum Gasteiger partial charge on any atom is -0.405 e. The Bertz CT molecular complexity index is 746. The second-order valence-electron chi connectivity index (χ2n) is 8.03. The number of hydrogen-bond acceptors (Lipinski definition) is 3. The number of hydrogen-bond donors (Lipinski definition) is 3. The Morgan fingerprint density at radius 1 is 0.968 bits per heavy atom. The lowest BCUT2D eigenvalue weighted by Gasteiger charge is -2.33. The molecule has 0 bridgehead atoms. The Labute approximate surface area is 179 Å². The third-order valence-electron chi connectivity index (χ3n) is 5.69. The van der Waals surface area contributed by atoms with Crippen LogP contribution < -0.4 is 20.7 Å². The summed E-state index contributed by atoms with van der Waals surface area (Å²) in [5, 5.41) is 8.65. The number of alkyl halides is 3. The Balaban J connectivity index is 1.40. The van der Waals surface area contributed by atoms with Crippen molar-refractivity contribution in [1.82, 2.24) is 20.9 Å². The van der Waals surface area contributed by atoms with Crippen LogP contribution in [0.4, 0.5) is 22.8 Å². The molecule has 1 saturated heterocycles. The van der Waals surface area contributed by atoms with E-state index in [0.717, 1.165) is 25.7 Å². The topological polar surface area (TPSA) is 82.7 Å². The first-order valence-electron chi connectivity index (χ1n) is 10.7. The molecule has 0 radical (unpaired) electrons. The zero-order valence-corrected chi connectivity index (χ0v) is 17.3. The summed E-state index contributed by atoms with van der Waals surface area (Å²) in [7, 11) is 0.